The fraction of sp³-hybridized carbons (Fsp3) is 0.500. The van der Waals surface area contributed by atoms with Crippen molar-refractivity contribution in [1.29, 1.82) is 0 Å². The van der Waals surface area contributed by atoms with Crippen LogP contribution in [0.25, 0.3) is 0 Å². The Hall–Kier alpha value is -1.69. The highest BCUT2D eigenvalue weighted by molar-refractivity contribution is 8.00. The molecule has 2 heterocycles. The summed E-state index contributed by atoms with van der Waals surface area (Å²) in [5.74, 6) is 1.19. The van der Waals surface area contributed by atoms with E-state index in [2.05, 4.69) is 41.6 Å². The van der Waals surface area contributed by atoms with Crippen molar-refractivity contribution in [3.05, 3.63) is 53.6 Å². The van der Waals surface area contributed by atoms with Gasteiger partial charge in [0.25, 0.3) is 0 Å². The smallest absolute Gasteiger partial charge is 0.125 e. The molecule has 4 rings (SSSR count). The average molecular weight is 414 g/mol. The van der Waals surface area contributed by atoms with Crippen LogP contribution in [0.2, 0.25) is 0 Å². The van der Waals surface area contributed by atoms with Gasteiger partial charge in [-0.3, -0.25) is 0 Å². The molecule has 0 amide bonds. The van der Waals surface area contributed by atoms with Gasteiger partial charge in [-0.25, -0.2) is 0 Å². The lowest BCUT2D eigenvalue weighted by Crippen LogP contribution is -2.34. The number of anilines is 1. The molecule has 0 radical (unpaired) electrons. The van der Waals surface area contributed by atoms with Gasteiger partial charge in [-0.2, -0.15) is 0 Å². The molecule has 0 spiro atoms. The van der Waals surface area contributed by atoms with Crippen LogP contribution in [0, 0.1) is 5.92 Å². The van der Waals surface area contributed by atoms with E-state index in [1.54, 1.807) is 11.9 Å². The van der Waals surface area contributed by atoms with Gasteiger partial charge in [-0.1, -0.05) is 19.1 Å². The maximum atomic E-state index is 9.76. The second-order valence-electron chi connectivity index (χ2n) is 7.87. The Kier molecular flexibility index (Phi) is 7.01. The van der Waals surface area contributed by atoms with Gasteiger partial charge >= 0.3 is 0 Å². The summed E-state index contributed by atoms with van der Waals surface area (Å²) in [5.41, 5.74) is 4.23. The third-order valence-electron chi connectivity index (χ3n) is 5.93. The topological polar surface area (TPSA) is 41.9 Å². The molecular formula is C24H31NO3S. The minimum atomic E-state index is -0.154. The Bertz CT molecular complexity index is 789. The van der Waals surface area contributed by atoms with Gasteiger partial charge in [0.1, 0.15) is 11.9 Å². The van der Waals surface area contributed by atoms with Gasteiger partial charge in [0.2, 0.25) is 0 Å². The molecule has 0 aromatic heterocycles. The lowest BCUT2D eigenvalue weighted by atomic mass is 9.94. The predicted molar refractivity (Wildman–Crippen MR) is 119 cm³/mol. The molecule has 1 atom stereocenters. The molecule has 2 aliphatic rings. The predicted octanol–water partition coefficient (Wildman–Crippen LogP) is 4.88. The van der Waals surface area contributed by atoms with Gasteiger partial charge in [0.15, 0.2) is 0 Å². The number of benzene rings is 2. The van der Waals surface area contributed by atoms with Gasteiger partial charge in [-0.15, -0.1) is 0 Å². The molecule has 1 N–H and O–H groups in total. The first-order valence-electron chi connectivity index (χ1n) is 10.8. The fourth-order valence-electron chi connectivity index (χ4n) is 4.18. The molecule has 0 bridgehead atoms. The molecule has 1 saturated heterocycles. The van der Waals surface area contributed by atoms with Gasteiger partial charge < -0.3 is 18.9 Å². The Morgan fingerprint density at radius 3 is 2.69 bits per heavy atom. The van der Waals surface area contributed by atoms with Gasteiger partial charge in [0.05, 0.1) is 12.3 Å². The monoisotopic (exact) mass is 413 g/mol. The highest BCUT2D eigenvalue weighted by Gasteiger charge is 2.25. The molecule has 0 saturated carbocycles. The Balaban J connectivity index is 1.40. The largest absolute Gasteiger partial charge is 0.488 e. The van der Waals surface area contributed by atoms with Crippen molar-refractivity contribution in [3.8, 4) is 5.75 Å². The van der Waals surface area contributed by atoms with Crippen molar-refractivity contribution >= 4 is 17.6 Å². The summed E-state index contributed by atoms with van der Waals surface area (Å²) >= 11 is 1.79. The Labute approximate surface area is 178 Å². The van der Waals surface area contributed by atoms with E-state index >= 15 is 0 Å². The zero-order valence-corrected chi connectivity index (χ0v) is 18.0. The molecule has 0 aliphatic carbocycles. The number of hydrogen-bond acceptors (Lipinski definition) is 5. The maximum Gasteiger partial charge on any atom is 0.125 e. The Morgan fingerprint density at radius 2 is 1.97 bits per heavy atom. The number of nitrogens with zero attached hydrogens (tertiary/aromatic N) is 1. The zero-order chi connectivity index (χ0) is 20.1. The fourth-order valence-corrected chi connectivity index (χ4v) is 5.19. The number of rotatable bonds is 7. The first-order valence-corrected chi connectivity index (χ1v) is 11.6. The van der Waals surface area contributed by atoms with Crippen LogP contribution in [0.3, 0.4) is 0 Å². The summed E-state index contributed by atoms with van der Waals surface area (Å²) in [6.45, 7) is 4.85. The lowest BCUT2D eigenvalue weighted by Gasteiger charge is -2.31. The normalized spacial score (nSPS) is 18.3. The summed E-state index contributed by atoms with van der Waals surface area (Å²) in [5, 5.41) is 9.76. The summed E-state index contributed by atoms with van der Waals surface area (Å²) in [7, 11) is 0. The van der Waals surface area contributed by atoms with E-state index in [-0.39, 0.29) is 12.7 Å². The van der Waals surface area contributed by atoms with Crippen molar-refractivity contribution in [2.45, 2.75) is 50.0 Å². The van der Waals surface area contributed by atoms with Crippen LogP contribution >= 0.6 is 11.9 Å². The molecule has 5 heteroatoms. The van der Waals surface area contributed by atoms with Crippen LogP contribution in [0.4, 0.5) is 5.69 Å². The standard InChI is InChI=1S/C24H31NO3S/c1-2-18-5-10-23-20(16-18)4-3-13-25(23)29-22-8-6-21(7-9-22)28-24(17-26)19-11-14-27-15-12-19/h5-10,16,19,24,26H,2-4,11-15,17H2,1H3/t24-/m1/s1. The van der Waals surface area contributed by atoms with Crippen molar-refractivity contribution < 1.29 is 14.6 Å². The SMILES string of the molecule is CCc1ccc2c(c1)CCCN2Sc1ccc(O[C@H](CO)C2CCOCC2)cc1. The summed E-state index contributed by atoms with van der Waals surface area (Å²) in [6.07, 6.45) is 5.20. The number of aliphatic hydroxyl groups excluding tert-OH is 1. The van der Waals surface area contributed by atoms with Crippen molar-refractivity contribution in [2.75, 3.05) is 30.7 Å². The van der Waals surface area contributed by atoms with E-state index < -0.39 is 0 Å². The van der Waals surface area contributed by atoms with Crippen molar-refractivity contribution in [1.82, 2.24) is 0 Å². The molecule has 156 valence electrons. The third kappa shape index (κ3) is 5.08. The molecular weight excluding hydrogens is 382 g/mol. The van der Waals surface area contributed by atoms with E-state index in [9.17, 15) is 5.11 Å². The minimum absolute atomic E-state index is 0.0471. The first kappa shape index (κ1) is 20.6. The highest BCUT2D eigenvalue weighted by atomic mass is 32.2. The lowest BCUT2D eigenvalue weighted by molar-refractivity contribution is -0.00306. The summed E-state index contributed by atoms with van der Waals surface area (Å²) in [6, 6.07) is 15.2. The van der Waals surface area contributed by atoms with E-state index in [4.69, 9.17) is 9.47 Å². The van der Waals surface area contributed by atoms with Crippen LogP contribution in [0.15, 0.2) is 47.4 Å². The number of fused-ring (bicyclic) bond motifs is 1. The second kappa shape index (κ2) is 9.88. The molecule has 1 fully saturated rings. The van der Waals surface area contributed by atoms with Crippen molar-refractivity contribution in [3.63, 3.8) is 0 Å². The number of aliphatic hydroxyl groups is 1. The van der Waals surface area contributed by atoms with Crippen LogP contribution in [-0.2, 0) is 17.6 Å². The minimum Gasteiger partial charge on any atom is -0.488 e. The molecule has 2 aliphatic heterocycles. The Morgan fingerprint density at radius 1 is 1.17 bits per heavy atom. The third-order valence-corrected chi connectivity index (χ3v) is 7.01. The molecule has 2 aromatic rings. The highest BCUT2D eigenvalue weighted by Crippen LogP contribution is 2.36. The molecule has 2 aromatic carbocycles. The van der Waals surface area contributed by atoms with Crippen molar-refractivity contribution in [2.24, 2.45) is 5.92 Å². The first-order chi connectivity index (χ1) is 14.3. The average Bonchev–Trinajstić information content (AvgIpc) is 2.79. The number of hydrogen-bond donors (Lipinski definition) is 1. The maximum absolute atomic E-state index is 9.76. The van der Waals surface area contributed by atoms with Crippen LogP contribution in [0.5, 0.6) is 5.75 Å². The number of aryl methyl sites for hydroxylation is 2. The number of ether oxygens (including phenoxy) is 2. The molecule has 0 unspecified atom stereocenters. The van der Waals surface area contributed by atoms with E-state index in [0.29, 0.717) is 5.92 Å². The van der Waals surface area contributed by atoms with Gasteiger partial charge in [-0.05, 0) is 85.5 Å². The van der Waals surface area contributed by atoms with E-state index in [1.807, 2.05) is 12.1 Å². The zero-order valence-electron chi connectivity index (χ0n) is 17.2. The summed E-state index contributed by atoms with van der Waals surface area (Å²) < 4.78 is 13.9. The second-order valence-corrected chi connectivity index (χ2v) is 8.97. The van der Waals surface area contributed by atoms with E-state index in [0.717, 1.165) is 44.8 Å². The quantitative estimate of drug-likeness (QED) is 0.656. The van der Waals surface area contributed by atoms with Crippen LogP contribution < -0.4 is 9.04 Å². The molecule has 4 nitrogen and oxygen atoms in total. The van der Waals surface area contributed by atoms with Gasteiger partial charge in [0, 0.05) is 30.6 Å². The van der Waals surface area contributed by atoms with Crippen LogP contribution in [0.1, 0.15) is 37.3 Å². The summed E-state index contributed by atoms with van der Waals surface area (Å²) in [4.78, 5) is 1.20. The molecule has 29 heavy (non-hydrogen) atoms. The van der Waals surface area contributed by atoms with Crippen LogP contribution in [-0.4, -0.2) is 37.6 Å². The van der Waals surface area contributed by atoms with E-state index in [1.165, 1.54) is 34.6 Å².